The Morgan fingerprint density at radius 1 is 1.29 bits per heavy atom. The van der Waals surface area contributed by atoms with Crippen LogP contribution in [0.3, 0.4) is 0 Å². The molecule has 1 aliphatic carbocycles. The van der Waals surface area contributed by atoms with E-state index in [4.69, 9.17) is 0 Å². The average Bonchev–Trinajstić information content (AvgIpc) is 2.30. The number of nitrogens with zero attached hydrogens (tertiary/aromatic N) is 2. The molecule has 2 aliphatic rings. The molecule has 5 heteroatoms. The van der Waals surface area contributed by atoms with Gasteiger partial charge in [0, 0.05) is 0 Å². The monoisotopic (exact) mass is 294 g/mol. The number of allylic oxidation sites excluding steroid dienone is 1. The molecule has 4 nitrogen and oxygen atoms in total. The van der Waals surface area contributed by atoms with Crippen molar-refractivity contribution in [2.24, 2.45) is 11.3 Å². The molecule has 1 N–H and O–H groups in total. The number of carbonyl (C=O) groups is 1. The number of amides is 1. The second-order valence-corrected chi connectivity index (χ2v) is 5.44. The van der Waals surface area contributed by atoms with Crippen molar-refractivity contribution in [3.63, 3.8) is 0 Å². The van der Waals surface area contributed by atoms with Gasteiger partial charge in [-0.05, 0) is 0 Å². The standard InChI is InChI=1S/C12H12N3OSe/c13-6-8-10(16)15-11(17)9(7-14)12(8)4-2-1-3-5-12/h8H,1-5H2,(H,15,16). The number of nitrogens with one attached hydrogen (secondary N) is 1. The van der Waals surface area contributed by atoms with Crippen LogP contribution < -0.4 is 5.32 Å². The van der Waals surface area contributed by atoms with Crippen molar-refractivity contribution in [2.75, 3.05) is 0 Å². The van der Waals surface area contributed by atoms with Gasteiger partial charge in [-0.2, -0.15) is 0 Å². The molecule has 1 fully saturated rings. The van der Waals surface area contributed by atoms with Crippen molar-refractivity contribution in [1.29, 1.82) is 10.5 Å². The number of hydrogen-bond donors (Lipinski definition) is 1. The fourth-order valence-corrected chi connectivity index (χ4v) is 3.67. The predicted molar refractivity (Wildman–Crippen MR) is 61.2 cm³/mol. The van der Waals surface area contributed by atoms with Crippen LogP contribution in [0.15, 0.2) is 10.2 Å². The van der Waals surface area contributed by atoms with Gasteiger partial charge in [-0.3, -0.25) is 0 Å². The summed E-state index contributed by atoms with van der Waals surface area (Å²) in [6.07, 6.45) is 4.58. The molecule has 1 aliphatic heterocycles. The summed E-state index contributed by atoms with van der Waals surface area (Å²) in [5.74, 6) is -1.00. The number of nitriles is 2. The molecule has 0 aromatic rings. The Hall–Kier alpha value is -1.29. The summed E-state index contributed by atoms with van der Waals surface area (Å²) in [5.41, 5.74) is 0.00773. The molecular formula is C12H12N3OSe. The van der Waals surface area contributed by atoms with Crippen LogP contribution >= 0.6 is 0 Å². The van der Waals surface area contributed by atoms with E-state index >= 15 is 0 Å². The molecule has 17 heavy (non-hydrogen) atoms. The summed E-state index contributed by atoms with van der Waals surface area (Å²) in [7, 11) is 0. The van der Waals surface area contributed by atoms with Crippen LogP contribution in [0, 0.1) is 34.0 Å². The second kappa shape index (κ2) is 4.53. The van der Waals surface area contributed by atoms with Crippen LogP contribution in [0.2, 0.25) is 0 Å². The van der Waals surface area contributed by atoms with Gasteiger partial charge in [0.05, 0.1) is 0 Å². The first kappa shape index (κ1) is 12.2. The number of hydrogen-bond acceptors (Lipinski definition) is 3. The van der Waals surface area contributed by atoms with E-state index in [0.717, 1.165) is 32.1 Å². The zero-order valence-corrected chi connectivity index (χ0v) is 11.0. The van der Waals surface area contributed by atoms with Gasteiger partial charge in [0.1, 0.15) is 0 Å². The van der Waals surface area contributed by atoms with Gasteiger partial charge in [0.25, 0.3) is 0 Å². The van der Waals surface area contributed by atoms with E-state index in [2.05, 4.69) is 33.5 Å². The van der Waals surface area contributed by atoms with Crippen molar-refractivity contribution < 1.29 is 4.79 Å². The molecule has 1 heterocycles. The molecule has 0 bridgehead atoms. The Morgan fingerprint density at radius 2 is 1.94 bits per heavy atom. The third-order valence-electron chi connectivity index (χ3n) is 3.76. The third kappa shape index (κ3) is 1.76. The summed E-state index contributed by atoms with van der Waals surface area (Å²) in [6.45, 7) is 0. The molecule has 1 atom stereocenters. The Morgan fingerprint density at radius 3 is 2.47 bits per heavy atom. The van der Waals surface area contributed by atoms with Crippen LogP contribution in [0.1, 0.15) is 32.1 Å². The number of carbonyl (C=O) groups excluding carboxylic acids is 1. The van der Waals surface area contributed by atoms with Gasteiger partial charge in [0.15, 0.2) is 0 Å². The Bertz CT molecular complexity index is 463. The van der Waals surface area contributed by atoms with Crippen molar-refractivity contribution in [3.05, 3.63) is 10.2 Å². The van der Waals surface area contributed by atoms with Gasteiger partial charge in [-0.15, -0.1) is 0 Å². The normalized spacial score (nSPS) is 27.2. The van der Waals surface area contributed by atoms with Crippen molar-refractivity contribution >= 4 is 21.9 Å². The molecule has 2 rings (SSSR count). The SMILES string of the molecule is N#CC1=C([Se])NC(=O)C(C#N)C12CCCCC2. The molecule has 1 saturated carbocycles. The predicted octanol–water partition coefficient (Wildman–Crippen LogP) is 1.11. The van der Waals surface area contributed by atoms with Gasteiger partial charge in [0.2, 0.25) is 0 Å². The molecule has 1 spiro atoms. The minimum atomic E-state index is -0.727. The second-order valence-electron chi connectivity index (χ2n) is 4.58. The topological polar surface area (TPSA) is 76.7 Å². The fraction of sp³-hybridized carbons (Fsp3) is 0.583. The first-order valence-electron chi connectivity index (χ1n) is 5.68. The van der Waals surface area contributed by atoms with E-state index < -0.39 is 11.3 Å². The van der Waals surface area contributed by atoms with E-state index in [1.54, 1.807) is 0 Å². The molecule has 0 aromatic heterocycles. The Labute approximate surface area is 108 Å². The summed E-state index contributed by atoms with van der Waals surface area (Å²) >= 11 is 2.74. The van der Waals surface area contributed by atoms with E-state index in [1.165, 1.54) is 0 Å². The molecule has 1 amide bonds. The quantitative estimate of drug-likeness (QED) is 0.680. The van der Waals surface area contributed by atoms with Crippen LogP contribution in [0.25, 0.3) is 0 Å². The van der Waals surface area contributed by atoms with E-state index in [1.807, 2.05) is 0 Å². The third-order valence-corrected chi connectivity index (χ3v) is 4.41. The van der Waals surface area contributed by atoms with Crippen molar-refractivity contribution in [1.82, 2.24) is 5.32 Å². The number of rotatable bonds is 0. The maximum absolute atomic E-state index is 11.9. The summed E-state index contributed by atoms with van der Waals surface area (Å²) in [6, 6.07) is 4.27. The first-order valence-corrected chi connectivity index (χ1v) is 6.54. The zero-order valence-electron chi connectivity index (χ0n) is 9.32. The van der Waals surface area contributed by atoms with Crippen LogP contribution in [0.5, 0.6) is 0 Å². The van der Waals surface area contributed by atoms with Gasteiger partial charge in [-0.25, -0.2) is 0 Å². The molecule has 1 radical (unpaired) electrons. The molecule has 1 unspecified atom stereocenters. The van der Waals surface area contributed by atoms with Gasteiger partial charge in [-0.1, -0.05) is 0 Å². The van der Waals surface area contributed by atoms with Crippen molar-refractivity contribution in [3.8, 4) is 12.1 Å². The fourth-order valence-electron chi connectivity index (χ4n) is 2.93. The summed E-state index contributed by atoms with van der Waals surface area (Å²) in [5, 5.41) is 21.1. The van der Waals surface area contributed by atoms with Gasteiger partial charge >= 0.3 is 108 Å². The van der Waals surface area contributed by atoms with Crippen molar-refractivity contribution in [2.45, 2.75) is 32.1 Å². The van der Waals surface area contributed by atoms with Crippen LogP contribution in [-0.4, -0.2) is 21.9 Å². The average molecular weight is 293 g/mol. The molecule has 0 aromatic carbocycles. The molecule has 0 saturated heterocycles. The Kier molecular flexibility index (Phi) is 3.24. The zero-order chi connectivity index (χ0) is 12.5. The van der Waals surface area contributed by atoms with E-state index in [-0.39, 0.29) is 5.91 Å². The van der Waals surface area contributed by atoms with Crippen LogP contribution in [0.4, 0.5) is 0 Å². The first-order chi connectivity index (χ1) is 8.15. The van der Waals surface area contributed by atoms with E-state index in [9.17, 15) is 15.3 Å². The van der Waals surface area contributed by atoms with Crippen LogP contribution in [-0.2, 0) is 4.79 Å². The summed E-state index contributed by atoms with van der Waals surface area (Å²) in [4.78, 5) is 11.9. The molecular weight excluding hydrogens is 281 g/mol. The van der Waals surface area contributed by atoms with Gasteiger partial charge < -0.3 is 0 Å². The summed E-state index contributed by atoms with van der Waals surface area (Å²) < 4.78 is 0.505. The Balaban J connectivity index is 2.55. The molecule has 87 valence electrons. The maximum atomic E-state index is 11.9. The van der Waals surface area contributed by atoms with E-state index in [0.29, 0.717) is 10.2 Å². The minimum absolute atomic E-state index is 0.276.